The first-order chi connectivity index (χ1) is 12.4. The molecule has 0 spiro atoms. The van der Waals surface area contributed by atoms with Crippen molar-refractivity contribution >= 4 is 11.7 Å². The lowest BCUT2D eigenvalue weighted by atomic mass is 9.95. The summed E-state index contributed by atoms with van der Waals surface area (Å²) in [5.74, 6) is -0.115. The van der Waals surface area contributed by atoms with Gasteiger partial charge in [-0.2, -0.15) is 18.3 Å². The Balaban J connectivity index is 1.67. The number of hydrogen-bond acceptors (Lipinski definition) is 3. The molecule has 8 heteroatoms. The Morgan fingerprint density at radius 3 is 2.77 bits per heavy atom. The summed E-state index contributed by atoms with van der Waals surface area (Å²) in [7, 11) is 0. The molecule has 26 heavy (non-hydrogen) atoms. The smallest absolute Gasteiger partial charge is 0.310 e. The largest absolute Gasteiger partial charge is 0.435 e. The van der Waals surface area contributed by atoms with Crippen LogP contribution < -0.4 is 5.32 Å². The number of aryl methyl sites for hydroxylation is 1. The molecule has 1 aliphatic rings. The molecule has 140 valence electrons. The maximum absolute atomic E-state index is 13.2. The van der Waals surface area contributed by atoms with Crippen LogP contribution in [0, 0.1) is 5.92 Å². The van der Waals surface area contributed by atoms with E-state index in [-0.39, 0.29) is 18.4 Å². The predicted octanol–water partition coefficient (Wildman–Crippen LogP) is 3.84. The number of nitrogens with zero attached hydrogens (tertiary/aromatic N) is 3. The van der Waals surface area contributed by atoms with Crippen molar-refractivity contribution in [2.75, 3.05) is 5.32 Å². The van der Waals surface area contributed by atoms with Crippen LogP contribution in [0.25, 0.3) is 0 Å². The van der Waals surface area contributed by atoms with E-state index >= 15 is 0 Å². The fourth-order valence-corrected chi connectivity index (χ4v) is 3.22. The molecule has 2 aromatic rings. The van der Waals surface area contributed by atoms with Crippen LogP contribution in [0.1, 0.15) is 43.1 Å². The average molecular weight is 366 g/mol. The second-order valence-corrected chi connectivity index (χ2v) is 6.60. The first-order valence-corrected chi connectivity index (χ1v) is 8.74. The fraction of sp³-hybridized carbons (Fsp3) is 0.500. The summed E-state index contributed by atoms with van der Waals surface area (Å²) < 4.78 is 41.1. The van der Waals surface area contributed by atoms with Gasteiger partial charge in [0.05, 0.1) is 0 Å². The van der Waals surface area contributed by atoms with Gasteiger partial charge in [-0.05, 0) is 44.2 Å². The average Bonchev–Trinajstić information content (AvgIpc) is 2.99. The Morgan fingerprint density at radius 1 is 1.31 bits per heavy atom. The summed E-state index contributed by atoms with van der Waals surface area (Å²) in [5.41, 5.74) is 0.230. The number of pyridine rings is 1. The highest BCUT2D eigenvalue weighted by atomic mass is 19.4. The van der Waals surface area contributed by atoms with Gasteiger partial charge in [-0.1, -0.05) is 13.0 Å². The SMILES string of the molecule is CC(CCn1nc(C(F)(F)F)c2c1CCCC2)C(=O)Nc1ccccn1. The molecule has 5 nitrogen and oxygen atoms in total. The van der Waals surface area contributed by atoms with Gasteiger partial charge in [0.15, 0.2) is 5.69 Å². The van der Waals surface area contributed by atoms with Gasteiger partial charge >= 0.3 is 6.18 Å². The number of halogens is 3. The van der Waals surface area contributed by atoms with Gasteiger partial charge in [-0.15, -0.1) is 0 Å². The lowest BCUT2D eigenvalue weighted by Gasteiger charge is -2.16. The minimum Gasteiger partial charge on any atom is -0.310 e. The highest BCUT2D eigenvalue weighted by Crippen LogP contribution is 2.36. The minimum absolute atomic E-state index is 0.208. The Labute approximate surface area is 149 Å². The lowest BCUT2D eigenvalue weighted by molar-refractivity contribution is -0.142. The van der Waals surface area contributed by atoms with Crippen LogP contribution in [0.4, 0.5) is 19.0 Å². The Kier molecular flexibility index (Phi) is 5.29. The molecule has 0 aliphatic heterocycles. The number of amides is 1. The molecule has 0 aromatic carbocycles. The van der Waals surface area contributed by atoms with Crippen molar-refractivity contribution in [3.8, 4) is 0 Å². The van der Waals surface area contributed by atoms with Crippen LogP contribution in [0.2, 0.25) is 0 Å². The summed E-state index contributed by atoms with van der Waals surface area (Å²) in [4.78, 5) is 16.3. The van der Waals surface area contributed by atoms with E-state index in [1.807, 2.05) is 0 Å². The Hall–Kier alpha value is -2.38. The maximum atomic E-state index is 13.2. The van der Waals surface area contributed by atoms with Gasteiger partial charge in [-0.3, -0.25) is 9.48 Å². The first kappa shape index (κ1) is 18.4. The number of hydrogen-bond donors (Lipinski definition) is 1. The van der Waals surface area contributed by atoms with Gasteiger partial charge in [0.25, 0.3) is 0 Å². The predicted molar refractivity (Wildman–Crippen MR) is 90.5 cm³/mol. The number of anilines is 1. The molecule has 3 rings (SSSR count). The summed E-state index contributed by atoms with van der Waals surface area (Å²) in [6.45, 7) is 2.04. The van der Waals surface area contributed by atoms with E-state index in [4.69, 9.17) is 0 Å². The monoisotopic (exact) mass is 366 g/mol. The lowest BCUT2D eigenvalue weighted by Crippen LogP contribution is -2.23. The van der Waals surface area contributed by atoms with E-state index in [0.717, 1.165) is 12.8 Å². The third-order valence-electron chi connectivity index (χ3n) is 4.66. The minimum atomic E-state index is -4.44. The van der Waals surface area contributed by atoms with Crippen molar-refractivity contribution in [3.63, 3.8) is 0 Å². The zero-order valence-electron chi connectivity index (χ0n) is 14.5. The first-order valence-electron chi connectivity index (χ1n) is 8.74. The van der Waals surface area contributed by atoms with Gasteiger partial charge < -0.3 is 5.32 Å². The number of aromatic nitrogens is 3. The van der Waals surface area contributed by atoms with E-state index < -0.39 is 11.9 Å². The van der Waals surface area contributed by atoms with Crippen LogP contribution in [-0.4, -0.2) is 20.7 Å². The summed E-state index contributed by atoms with van der Waals surface area (Å²) in [6, 6.07) is 5.20. The summed E-state index contributed by atoms with van der Waals surface area (Å²) in [5, 5.41) is 6.54. The molecule has 1 N–H and O–H groups in total. The van der Waals surface area contributed by atoms with Crippen LogP contribution >= 0.6 is 0 Å². The van der Waals surface area contributed by atoms with Crippen molar-refractivity contribution < 1.29 is 18.0 Å². The van der Waals surface area contributed by atoms with Crippen LogP contribution in [0.5, 0.6) is 0 Å². The molecule has 0 bridgehead atoms. The van der Waals surface area contributed by atoms with E-state index in [0.29, 0.717) is 36.3 Å². The molecule has 1 unspecified atom stereocenters. The van der Waals surface area contributed by atoms with E-state index in [1.54, 1.807) is 31.3 Å². The normalized spacial score (nSPS) is 15.4. The number of fused-ring (bicyclic) bond motifs is 1. The van der Waals surface area contributed by atoms with Gasteiger partial charge in [0.1, 0.15) is 5.82 Å². The highest BCUT2D eigenvalue weighted by Gasteiger charge is 2.39. The van der Waals surface area contributed by atoms with Gasteiger partial charge in [-0.25, -0.2) is 4.98 Å². The summed E-state index contributed by atoms with van der Waals surface area (Å²) >= 11 is 0. The molecule has 2 heterocycles. The zero-order chi connectivity index (χ0) is 18.7. The number of nitrogens with one attached hydrogen (secondary N) is 1. The number of rotatable bonds is 5. The third kappa shape index (κ3) is 4.05. The molecule has 0 saturated heterocycles. The molecule has 1 amide bonds. The van der Waals surface area contributed by atoms with E-state index in [1.165, 1.54) is 4.68 Å². The van der Waals surface area contributed by atoms with E-state index in [2.05, 4.69) is 15.4 Å². The van der Waals surface area contributed by atoms with Crippen molar-refractivity contribution in [1.82, 2.24) is 14.8 Å². The molecule has 0 fully saturated rings. The second kappa shape index (κ2) is 7.47. The number of carbonyl (C=O) groups is 1. The second-order valence-electron chi connectivity index (χ2n) is 6.60. The number of alkyl halides is 3. The highest BCUT2D eigenvalue weighted by molar-refractivity contribution is 5.91. The van der Waals surface area contributed by atoms with Crippen LogP contribution in [0.15, 0.2) is 24.4 Å². The zero-order valence-corrected chi connectivity index (χ0v) is 14.5. The molecule has 1 atom stereocenters. The van der Waals surface area contributed by atoms with Crippen LogP contribution in [0.3, 0.4) is 0 Å². The topological polar surface area (TPSA) is 59.8 Å². The van der Waals surface area contributed by atoms with Crippen molar-refractivity contribution in [2.45, 2.75) is 51.7 Å². The van der Waals surface area contributed by atoms with Crippen molar-refractivity contribution in [2.24, 2.45) is 5.92 Å². The Bertz CT molecular complexity index is 771. The van der Waals surface area contributed by atoms with Gasteiger partial charge in [0.2, 0.25) is 5.91 Å². The molecule has 0 radical (unpaired) electrons. The Morgan fingerprint density at radius 2 is 2.08 bits per heavy atom. The maximum Gasteiger partial charge on any atom is 0.435 e. The molecule has 0 saturated carbocycles. The van der Waals surface area contributed by atoms with Crippen molar-refractivity contribution in [1.29, 1.82) is 0 Å². The quantitative estimate of drug-likeness (QED) is 0.875. The standard InChI is InChI=1S/C18H21F3N4O/c1-12(17(26)23-15-8-4-5-10-22-15)9-11-25-14-7-3-2-6-13(14)16(24-25)18(19,20)21/h4-5,8,10,12H,2-3,6-7,9,11H2,1H3,(H,22,23,26). The van der Waals surface area contributed by atoms with Crippen LogP contribution in [-0.2, 0) is 30.4 Å². The fourth-order valence-electron chi connectivity index (χ4n) is 3.22. The molecule has 2 aromatic heterocycles. The van der Waals surface area contributed by atoms with Crippen molar-refractivity contribution in [3.05, 3.63) is 41.3 Å². The third-order valence-corrected chi connectivity index (χ3v) is 4.66. The molecular formula is C18H21F3N4O. The molecular weight excluding hydrogens is 345 g/mol. The number of carbonyl (C=O) groups excluding carboxylic acids is 1. The van der Waals surface area contributed by atoms with Gasteiger partial charge in [0, 0.05) is 29.9 Å². The molecule has 1 aliphatic carbocycles. The van der Waals surface area contributed by atoms with E-state index in [9.17, 15) is 18.0 Å². The summed E-state index contributed by atoms with van der Waals surface area (Å²) in [6.07, 6.45) is 0.191.